The van der Waals surface area contributed by atoms with Gasteiger partial charge in [-0.05, 0) is 44.0 Å². The Morgan fingerprint density at radius 3 is 2.52 bits per heavy atom. The van der Waals surface area contributed by atoms with Crippen LogP contribution < -0.4 is 15.8 Å². The van der Waals surface area contributed by atoms with Gasteiger partial charge >= 0.3 is 0 Å². The standard InChI is InChI=1S/C19H24N2O2/c1-14(2)23-18-6-4-3-5-16(18)13-19(22)21-12-11-15-7-9-17(20)10-8-15/h3-10,14H,11-13,20H2,1-2H3,(H,21,22). The quantitative estimate of drug-likeness (QED) is 0.773. The zero-order chi connectivity index (χ0) is 16.7. The van der Waals surface area contributed by atoms with Gasteiger partial charge in [0.25, 0.3) is 0 Å². The summed E-state index contributed by atoms with van der Waals surface area (Å²) in [4.78, 5) is 12.1. The Balaban J connectivity index is 1.84. The van der Waals surface area contributed by atoms with Crippen molar-refractivity contribution in [2.45, 2.75) is 32.8 Å². The molecule has 0 heterocycles. The maximum Gasteiger partial charge on any atom is 0.224 e. The van der Waals surface area contributed by atoms with Crippen molar-refractivity contribution in [1.82, 2.24) is 5.32 Å². The number of benzene rings is 2. The van der Waals surface area contributed by atoms with Crippen molar-refractivity contribution < 1.29 is 9.53 Å². The molecule has 0 fully saturated rings. The van der Waals surface area contributed by atoms with E-state index in [1.807, 2.05) is 62.4 Å². The molecule has 23 heavy (non-hydrogen) atoms. The number of carbonyl (C=O) groups is 1. The highest BCUT2D eigenvalue weighted by Crippen LogP contribution is 2.19. The summed E-state index contributed by atoms with van der Waals surface area (Å²) in [6.45, 7) is 4.56. The lowest BCUT2D eigenvalue weighted by atomic mass is 10.1. The maximum atomic E-state index is 12.1. The number of hydrogen-bond donors (Lipinski definition) is 2. The minimum absolute atomic E-state index is 0.000233. The van der Waals surface area contributed by atoms with Crippen LogP contribution in [-0.2, 0) is 17.6 Å². The second kappa shape index (κ2) is 8.22. The molecule has 0 aromatic heterocycles. The lowest BCUT2D eigenvalue weighted by molar-refractivity contribution is -0.120. The predicted molar refractivity (Wildman–Crippen MR) is 93.5 cm³/mol. The van der Waals surface area contributed by atoms with Crippen LogP contribution in [0, 0.1) is 0 Å². The summed E-state index contributed by atoms with van der Waals surface area (Å²) in [5.74, 6) is 0.774. The van der Waals surface area contributed by atoms with Gasteiger partial charge in [0.2, 0.25) is 5.91 Å². The van der Waals surface area contributed by atoms with E-state index in [0.717, 1.165) is 29.0 Å². The van der Waals surface area contributed by atoms with Crippen LogP contribution >= 0.6 is 0 Å². The predicted octanol–water partition coefficient (Wildman–Crippen LogP) is 2.96. The summed E-state index contributed by atoms with van der Waals surface area (Å²) in [7, 11) is 0. The summed E-state index contributed by atoms with van der Waals surface area (Å²) in [5.41, 5.74) is 8.47. The molecule has 4 heteroatoms. The normalized spacial score (nSPS) is 10.6. The van der Waals surface area contributed by atoms with Crippen LogP contribution in [0.5, 0.6) is 5.75 Å². The third-order valence-corrected chi connectivity index (χ3v) is 3.40. The number of para-hydroxylation sites is 1. The van der Waals surface area contributed by atoms with E-state index in [2.05, 4.69) is 5.32 Å². The lowest BCUT2D eigenvalue weighted by Crippen LogP contribution is -2.27. The first-order valence-electron chi connectivity index (χ1n) is 7.90. The molecule has 0 unspecified atom stereocenters. The molecule has 0 saturated heterocycles. The van der Waals surface area contributed by atoms with Crippen LogP contribution in [0.4, 0.5) is 5.69 Å². The molecule has 0 saturated carbocycles. The zero-order valence-corrected chi connectivity index (χ0v) is 13.7. The SMILES string of the molecule is CC(C)Oc1ccccc1CC(=O)NCCc1ccc(N)cc1. The van der Waals surface area contributed by atoms with E-state index in [9.17, 15) is 4.79 Å². The van der Waals surface area contributed by atoms with E-state index in [1.165, 1.54) is 0 Å². The first-order chi connectivity index (χ1) is 11.0. The Bertz CT molecular complexity index is 636. The van der Waals surface area contributed by atoms with Gasteiger partial charge in [-0.2, -0.15) is 0 Å². The molecule has 0 atom stereocenters. The van der Waals surface area contributed by atoms with Crippen LogP contribution in [0.2, 0.25) is 0 Å². The number of nitrogens with one attached hydrogen (secondary N) is 1. The van der Waals surface area contributed by atoms with Crippen LogP contribution in [0.1, 0.15) is 25.0 Å². The molecule has 2 rings (SSSR count). The van der Waals surface area contributed by atoms with Crippen molar-refractivity contribution in [1.29, 1.82) is 0 Å². The lowest BCUT2D eigenvalue weighted by Gasteiger charge is -2.14. The summed E-state index contributed by atoms with van der Waals surface area (Å²) in [5, 5.41) is 2.95. The van der Waals surface area contributed by atoms with E-state index in [4.69, 9.17) is 10.5 Å². The average Bonchev–Trinajstić information content (AvgIpc) is 2.51. The zero-order valence-electron chi connectivity index (χ0n) is 13.7. The van der Waals surface area contributed by atoms with Gasteiger partial charge in [-0.3, -0.25) is 4.79 Å². The van der Waals surface area contributed by atoms with Crippen LogP contribution in [0.3, 0.4) is 0 Å². The van der Waals surface area contributed by atoms with Crippen molar-refractivity contribution >= 4 is 11.6 Å². The Labute approximate surface area is 137 Å². The molecule has 2 aromatic rings. The molecule has 0 radical (unpaired) electrons. The molecule has 2 aromatic carbocycles. The monoisotopic (exact) mass is 312 g/mol. The Morgan fingerprint density at radius 1 is 1.13 bits per heavy atom. The summed E-state index contributed by atoms with van der Waals surface area (Å²) in [6.07, 6.45) is 1.20. The second-order valence-corrected chi connectivity index (χ2v) is 5.79. The van der Waals surface area contributed by atoms with E-state index >= 15 is 0 Å². The molecule has 1 amide bonds. The fourth-order valence-electron chi connectivity index (χ4n) is 2.28. The van der Waals surface area contributed by atoms with Crippen molar-refractivity contribution in [2.75, 3.05) is 12.3 Å². The number of nitrogens with two attached hydrogens (primary N) is 1. The Hall–Kier alpha value is -2.49. The van der Waals surface area contributed by atoms with Crippen molar-refractivity contribution in [3.05, 3.63) is 59.7 Å². The molecule has 0 bridgehead atoms. The number of rotatable bonds is 7. The second-order valence-electron chi connectivity index (χ2n) is 5.79. The van der Waals surface area contributed by atoms with Crippen LogP contribution in [0.25, 0.3) is 0 Å². The van der Waals surface area contributed by atoms with E-state index in [0.29, 0.717) is 13.0 Å². The molecule has 4 nitrogen and oxygen atoms in total. The molecule has 0 spiro atoms. The van der Waals surface area contributed by atoms with Crippen LogP contribution in [-0.4, -0.2) is 18.6 Å². The molecular weight excluding hydrogens is 288 g/mol. The van der Waals surface area contributed by atoms with Gasteiger partial charge in [0.1, 0.15) is 5.75 Å². The number of carbonyl (C=O) groups excluding carboxylic acids is 1. The van der Waals surface area contributed by atoms with Gasteiger partial charge in [0.15, 0.2) is 0 Å². The highest BCUT2D eigenvalue weighted by molar-refractivity contribution is 5.79. The Kier molecular flexibility index (Phi) is 6.03. The third-order valence-electron chi connectivity index (χ3n) is 3.40. The molecule has 0 aliphatic carbocycles. The number of anilines is 1. The van der Waals surface area contributed by atoms with E-state index in [-0.39, 0.29) is 12.0 Å². The minimum atomic E-state index is 0.000233. The summed E-state index contributed by atoms with van der Waals surface area (Å²) < 4.78 is 5.74. The fourth-order valence-corrected chi connectivity index (χ4v) is 2.28. The summed E-state index contributed by atoms with van der Waals surface area (Å²) >= 11 is 0. The first-order valence-corrected chi connectivity index (χ1v) is 7.90. The topological polar surface area (TPSA) is 64.3 Å². The molecule has 122 valence electrons. The maximum absolute atomic E-state index is 12.1. The smallest absolute Gasteiger partial charge is 0.224 e. The molecule has 0 aliphatic rings. The number of ether oxygens (including phenoxy) is 1. The largest absolute Gasteiger partial charge is 0.491 e. The first kappa shape index (κ1) is 16.9. The van der Waals surface area contributed by atoms with Gasteiger partial charge in [0, 0.05) is 17.8 Å². The van der Waals surface area contributed by atoms with E-state index in [1.54, 1.807) is 0 Å². The fraction of sp³-hybridized carbons (Fsp3) is 0.316. The highest BCUT2D eigenvalue weighted by Gasteiger charge is 2.09. The number of amides is 1. The van der Waals surface area contributed by atoms with Gasteiger partial charge in [0.05, 0.1) is 12.5 Å². The van der Waals surface area contributed by atoms with Gasteiger partial charge in [-0.1, -0.05) is 30.3 Å². The third kappa shape index (κ3) is 5.66. The van der Waals surface area contributed by atoms with Crippen molar-refractivity contribution in [2.24, 2.45) is 0 Å². The number of nitrogen functional groups attached to an aromatic ring is 1. The van der Waals surface area contributed by atoms with Crippen molar-refractivity contribution in [3.8, 4) is 5.75 Å². The average molecular weight is 312 g/mol. The van der Waals surface area contributed by atoms with E-state index < -0.39 is 0 Å². The Morgan fingerprint density at radius 2 is 1.83 bits per heavy atom. The van der Waals surface area contributed by atoms with Gasteiger partial charge in [-0.25, -0.2) is 0 Å². The molecule has 3 N–H and O–H groups in total. The van der Waals surface area contributed by atoms with Gasteiger partial charge < -0.3 is 15.8 Å². The molecule has 0 aliphatic heterocycles. The number of hydrogen-bond acceptors (Lipinski definition) is 3. The summed E-state index contributed by atoms with van der Waals surface area (Å²) in [6, 6.07) is 15.4. The molecular formula is C19H24N2O2. The van der Waals surface area contributed by atoms with Crippen molar-refractivity contribution in [3.63, 3.8) is 0 Å². The van der Waals surface area contributed by atoms with Gasteiger partial charge in [-0.15, -0.1) is 0 Å². The van der Waals surface area contributed by atoms with Crippen LogP contribution in [0.15, 0.2) is 48.5 Å². The minimum Gasteiger partial charge on any atom is -0.491 e. The highest BCUT2D eigenvalue weighted by atomic mass is 16.5.